The minimum Gasteiger partial charge on any atom is -0.479 e. The van der Waals surface area contributed by atoms with Crippen LogP contribution in [0.3, 0.4) is 0 Å². The summed E-state index contributed by atoms with van der Waals surface area (Å²) in [6.45, 7) is 4.10. The zero-order valence-electron chi connectivity index (χ0n) is 12.2. The molecule has 0 aromatic carbocycles. The Balaban J connectivity index is 2.18. The SMILES string of the molecule is CC1(C)COC(C(=O)O)CN1Cc1cccc(C(F)(F)F)n1. The first-order valence-electron chi connectivity index (χ1n) is 6.72. The van der Waals surface area contributed by atoms with E-state index in [0.29, 0.717) is 0 Å². The van der Waals surface area contributed by atoms with E-state index in [-0.39, 0.29) is 25.4 Å². The quantitative estimate of drug-likeness (QED) is 0.925. The first-order chi connectivity index (χ1) is 10.1. The van der Waals surface area contributed by atoms with E-state index in [1.165, 1.54) is 12.1 Å². The Morgan fingerprint density at radius 3 is 2.77 bits per heavy atom. The summed E-state index contributed by atoms with van der Waals surface area (Å²) in [5.41, 5.74) is -1.19. The van der Waals surface area contributed by atoms with Crippen LogP contribution in [0.15, 0.2) is 18.2 Å². The van der Waals surface area contributed by atoms with Gasteiger partial charge < -0.3 is 9.84 Å². The van der Waals surface area contributed by atoms with Crippen LogP contribution in [-0.4, -0.2) is 45.8 Å². The first kappa shape index (κ1) is 16.7. The number of alkyl halides is 3. The van der Waals surface area contributed by atoms with E-state index < -0.39 is 29.5 Å². The van der Waals surface area contributed by atoms with Crippen molar-refractivity contribution in [2.75, 3.05) is 13.2 Å². The lowest BCUT2D eigenvalue weighted by molar-refractivity contribution is -0.166. The van der Waals surface area contributed by atoms with Gasteiger partial charge in [-0.1, -0.05) is 6.07 Å². The number of morpholine rings is 1. The van der Waals surface area contributed by atoms with Crippen molar-refractivity contribution in [2.24, 2.45) is 0 Å². The number of aromatic nitrogens is 1. The Hall–Kier alpha value is -1.67. The summed E-state index contributed by atoms with van der Waals surface area (Å²) in [5.74, 6) is -1.09. The average molecular weight is 318 g/mol. The first-order valence-corrected chi connectivity index (χ1v) is 6.72. The molecule has 8 heteroatoms. The summed E-state index contributed by atoms with van der Waals surface area (Å²) >= 11 is 0. The number of nitrogens with zero attached hydrogens (tertiary/aromatic N) is 2. The van der Waals surface area contributed by atoms with Gasteiger partial charge >= 0.3 is 12.1 Å². The molecular weight excluding hydrogens is 301 g/mol. The van der Waals surface area contributed by atoms with Crippen LogP contribution >= 0.6 is 0 Å². The van der Waals surface area contributed by atoms with Crippen LogP contribution < -0.4 is 0 Å². The molecule has 1 aromatic heterocycles. The minimum atomic E-state index is -4.50. The lowest BCUT2D eigenvalue weighted by atomic mass is 10.0. The molecule has 0 amide bonds. The highest BCUT2D eigenvalue weighted by atomic mass is 19.4. The fourth-order valence-corrected chi connectivity index (χ4v) is 2.24. The Morgan fingerprint density at radius 2 is 2.18 bits per heavy atom. The lowest BCUT2D eigenvalue weighted by Crippen LogP contribution is -2.57. The highest BCUT2D eigenvalue weighted by Gasteiger charge is 2.38. The third-order valence-electron chi connectivity index (χ3n) is 3.61. The van der Waals surface area contributed by atoms with Crippen molar-refractivity contribution in [3.63, 3.8) is 0 Å². The second-order valence-corrected chi connectivity index (χ2v) is 5.84. The summed E-state index contributed by atoms with van der Waals surface area (Å²) in [7, 11) is 0. The minimum absolute atomic E-state index is 0.0975. The van der Waals surface area contributed by atoms with Crippen LogP contribution in [0.2, 0.25) is 0 Å². The smallest absolute Gasteiger partial charge is 0.433 e. The van der Waals surface area contributed by atoms with Crippen LogP contribution in [-0.2, 0) is 22.3 Å². The standard InChI is InChI=1S/C14H17F3N2O3/c1-13(2)8-22-10(12(20)21)7-19(13)6-9-4-3-5-11(18-9)14(15,16)17/h3-5,10H,6-8H2,1-2H3,(H,20,21). The van der Waals surface area contributed by atoms with Gasteiger partial charge in [0.15, 0.2) is 6.10 Å². The van der Waals surface area contributed by atoms with Gasteiger partial charge in [-0.2, -0.15) is 13.2 Å². The molecule has 1 unspecified atom stereocenters. The molecule has 1 atom stereocenters. The van der Waals surface area contributed by atoms with Crippen LogP contribution in [0.1, 0.15) is 25.2 Å². The molecule has 1 aromatic rings. The normalized spacial score (nSPS) is 22.5. The highest BCUT2D eigenvalue weighted by Crippen LogP contribution is 2.28. The third-order valence-corrected chi connectivity index (χ3v) is 3.61. The number of carbonyl (C=O) groups is 1. The molecule has 2 rings (SSSR count). The van der Waals surface area contributed by atoms with Gasteiger partial charge in [0.25, 0.3) is 0 Å². The van der Waals surface area contributed by atoms with E-state index in [9.17, 15) is 18.0 Å². The number of pyridine rings is 1. The van der Waals surface area contributed by atoms with Gasteiger partial charge in [-0.25, -0.2) is 9.78 Å². The fourth-order valence-electron chi connectivity index (χ4n) is 2.24. The monoisotopic (exact) mass is 318 g/mol. The summed E-state index contributed by atoms with van der Waals surface area (Å²) < 4.78 is 43.3. The molecule has 1 aliphatic rings. The molecule has 0 radical (unpaired) electrons. The molecule has 1 saturated heterocycles. The van der Waals surface area contributed by atoms with Crippen LogP contribution in [0, 0.1) is 0 Å². The number of hydrogen-bond acceptors (Lipinski definition) is 4. The van der Waals surface area contributed by atoms with Crippen molar-refractivity contribution in [3.05, 3.63) is 29.6 Å². The molecule has 1 aliphatic heterocycles. The summed E-state index contributed by atoms with van der Waals surface area (Å²) in [6, 6.07) is 3.71. The van der Waals surface area contributed by atoms with Gasteiger partial charge in [-0.05, 0) is 26.0 Å². The Morgan fingerprint density at radius 1 is 1.50 bits per heavy atom. The van der Waals surface area contributed by atoms with E-state index in [2.05, 4.69) is 4.98 Å². The van der Waals surface area contributed by atoms with Crippen molar-refractivity contribution in [1.82, 2.24) is 9.88 Å². The summed E-state index contributed by atoms with van der Waals surface area (Å²) in [4.78, 5) is 16.4. The largest absolute Gasteiger partial charge is 0.479 e. The van der Waals surface area contributed by atoms with E-state index in [1.54, 1.807) is 4.90 Å². The van der Waals surface area contributed by atoms with Crippen molar-refractivity contribution in [2.45, 2.75) is 38.2 Å². The van der Waals surface area contributed by atoms with Gasteiger partial charge in [0.1, 0.15) is 5.69 Å². The van der Waals surface area contributed by atoms with Gasteiger partial charge in [0.2, 0.25) is 0 Å². The number of rotatable bonds is 3. The molecule has 0 aliphatic carbocycles. The number of halogens is 3. The highest BCUT2D eigenvalue weighted by molar-refractivity contribution is 5.72. The van der Waals surface area contributed by atoms with E-state index in [4.69, 9.17) is 9.84 Å². The van der Waals surface area contributed by atoms with Gasteiger partial charge in [0.05, 0.1) is 12.3 Å². The number of carboxylic acids is 1. The Labute approximate surface area is 125 Å². The third kappa shape index (κ3) is 3.75. The van der Waals surface area contributed by atoms with E-state index in [0.717, 1.165) is 6.07 Å². The molecular formula is C14H17F3N2O3. The Kier molecular flexibility index (Phi) is 4.44. The molecule has 0 bridgehead atoms. The molecule has 22 heavy (non-hydrogen) atoms. The number of hydrogen-bond donors (Lipinski definition) is 1. The Bertz CT molecular complexity index is 561. The molecule has 5 nitrogen and oxygen atoms in total. The second-order valence-electron chi connectivity index (χ2n) is 5.84. The molecule has 1 N–H and O–H groups in total. The van der Waals surface area contributed by atoms with Gasteiger partial charge in [0, 0.05) is 18.6 Å². The van der Waals surface area contributed by atoms with Gasteiger partial charge in [-0.3, -0.25) is 4.90 Å². The number of ether oxygens (including phenoxy) is 1. The van der Waals surface area contributed by atoms with Gasteiger partial charge in [-0.15, -0.1) is 0 Å². The number of aliphatic carboxylic acids is 1. The molecule has 0 saturated carbocycles. The van der Waals surface area contributed by atoms with Crippen LogP contribution in [0.5, 0.6) is 0 Å². The predicted molar refractivity (Wildman–Crippen MR) is 71.1 cm³/mol. The fraction of sp³-hybridized carbons (Fsp3) is 0.571. The maximum Gasteiger partial charge on any atom is 0.433 e. The van der Waals surface area contributed by atoms with Crippen LogP contribution in [0.25, 0.3) is 0 Å². The van der Waals surface area contributed by atoms with Crippen molar-refractivity contribution in [1.29, 1.82) is 0 Å². The average Bonchev–Trinajstić information content (AvgIpc) is 2.40. The summed E-state index contributed by atoms with van der Waals surface area (Å²) in [5, 5.41) is 9.03. The topological polar surface area (TPSA) is 62.7 Å². The maximum atomic E-state index is 12.7. The lowest BCUT2D eigenvalue weighted by Gasteiger charge is -2.44. The van der Waals surface area contributed by atoms with Crippen molar-refractivity contribution < 1.29 is 27.8 Å². The summed E-state index contributed by atoms with van der Waals surface area (Å²) in [6.07, 6.45) is -5.49. The molecule has 2 heterocycles. The predicted octanol–water partition coefficient (Wildman–Crippen LogP) is 2.16. The van der Waals surface area contributed by atoms with E-state index in [1.807, 2.05) is 13.8 Å². The second kappa shape index (κ2) is 5.85. The van der Waals surface area contributed by atoms with E-state index >= 15 is 0 Å². The maximum absolute atomic E-state index is 12.7. The van der Waals surface area contributed by atoms with Crippen molar-refractivity contribution >= 4 is 5.97 Å². The molecule has 1 fully saturated rings. The zero-order valence-corrected chi connectivity index (χ0v) is 12.2. The van der Waals surface area contributed by atoms with Crippen LogP contribution in [0.4, 0.5) is 13.2 Å². The zero-order chi connectivity index (χ0) is 16.5. The number of carboxylic acid groups (broad SMARTS) is 1. The molecule has 122 valence electrons. The van der Waals surface area contributed by atoms with Crippen molar-refractivity contribution in [3.8, 4) is 0 Å². The molecule has 0 spiro atoms.